The Bertz CT molecular complexity index is 728. The minimum absolute atomic E-state index is 0.0373. The second kappa shape index (κ2) is 7.37. The van der Waals surface area contributed by atoms with Crippen molar-refractivity contribution in [2.24, 2.45) is 0 Å². The number of nitrogens with zero attached hydrogens (tertiary/aromatic N) is 4. The van der Waals surface area contributed by atoms with Gasteiger partial charge in [0.25, 0.3) is 0 Å². The van der Waals surface area contributed by atoms with Gasteiger partial charge < -0.3 is 10.4 Å². The predicted octanol–water partition coefficient (Wildman–Crippen LogP) is 2.55. The van der Waals surface area contributed by atoms with Crippen molar-refractivity contribution in [3.05, 3.63) is 47.5 Å². The van der Waals surface area contributed by atoms with Gasteiger partial charge in [-0.25, -0.2) is 9.97 Å². The van der Waals surface area contributed by atoms with E-state index in [-0.39, 0.29) is 12.1 Å². The molecule has 6 heteroatoms. The Balaban J connectivity index is 1.87. The number of nitrogens with one attached hydrogen (secondary N) is 1. The summed E-state index contributed by atoms with van der Waals surface area (Å²) < 4.78 is 0. The van der Waals surface area contributed by atoms with E-state index in [1.54, 1.807) is 12.4 Å². The second-order valence-corrected chi connectivity index (χ2v) is 6.18. The fraction of sp³-hybridized carbons (Fsp3) is 0.444. The van der Waals surface area contributed by atoms with Gasteiger partial charge in [0, 0.05) is 12.4 Å². The van der Waals surface area contributed by atoms with Gasteiger partial charge >= 0.3 is 0 Å². The van der Waals surface area contributed by atoms with Crippen LogP contribution in [0.3, 0.4) is 0 Å². The van der Waals surface area contributed by atoms with Crippen LogP contribution in [0.2, 0.25) is 0 Å². The van der Waals surface area contributed by atoms with Gasteiger partial charge in [0.15, 0.2) is 0 Å². The zero-order valence-corrected chi connectivity index (χ0v) is 13.7. The number of aryl methyl sites for hydroxylation is 1. The number of hydrogen-bond donors (Lipinski definition) is 2. The number of hydrogen-bond acceptors (Lipinski definition) is 6. The average Bonchev–Trinajstić information content (AvgIpc) is 2.61. The van der Waals surface area contributed by atoms with Crippen LogP contribution >= 0.6 is 0 Å². The van der Waals surface area contributed by atoms with Crippen molar-refractivity contribution in [1.82, 2.24) is 15.0 Å². The van der Waals surface area contributed by atoms with Gasteiger partial charge in [0.2, 0.25) is 5.95 Å². The third kappa shape index (κ3) is 3.52. The first-order valence-electron chi connectivity index (χ1n) is 8.27. The topological polar surface area (TPSA) is 94.7 Å². The molecular formula is C18H21N5O. The summed E-state index contributed by atoms with van der Waals surface area (Å²) in [6.45, 7) is 1.89. The lowest BCUT2D eigenvalue weighted by atomic mass is 9.93. The molecule has 1 aliphatic rings. The predicted molar refractivity (Wildman–Crippen MR) is 90.3 cm³/mol. The normalized spacial score (nSPS) is 21.7. The van der Waals surface area contributed by atoms with E-state index in [0.29, 0.717) is 17.3 Å². The maximum Gasteiger partial charge on any atom is 0.223 e. The lowest BCUT2D eigenvalue weighted by molar-refractivity contribution is 0.116. The summed E-state index contributed by atoms with van der Waals surface area (Å²) >= 11 is 0. The van der Waals surface area contributed by atoms with Gasteiger partial charge in [0.1, 0.15) is 5.92 Å². The van der Waals surface area contributed by atoms with Crippen LogP contribution in [-0.2, 0) is 0 Å². The molecule has 6 nitrogen and oxygen atoms in total. The summed E-state index contributed by atoms with van der Waals surface area (Å²) in [4.78, 5) is 13.1. The summed E-state index contributed by atoms with van der Waals surface area (Å²) in [6, 6.07) is 7.76. The molecule has 0 spiro atoms. The molecule has 2 heterocycles. The SMILES string of the molecule is Cc1cnc(N[C@H]2CCCC[C@@H]2O)nc1C(C#N)c1ccccn1. The van der Waals surface area contributed by atoms with Crippen molar-refractivity contribution in [2.75, 3.05) is 5.32 Å². The Morgan fingerprint density at radius 1 is 1.29 bits per heavy atom. The molecule has 2 aromatic rings. The molecule has 3 rings (SSSR count). The maximum absolute atomic E-state index is 10.1. The maximum atomic E-state index is 10.1. The molecule has 1 fully saturated rings. The summed E-state index contributed by atoms with van der Waals surface area (Å²) in [5.41, 5.74) is 2.17. The van der Waals surface area contributed by atoms with E-state index in [1.165, 1.54) is 0 Å². The Labute approximate surface area is 141 Å². The second-order valence-electron chi connectivity index (χ2n) is 6.18. The zero-order valence-electron chi connectivity index (χ0n) is 13.7. The van der Waals surface area contributed by atoms with Crippen LogP contribution in [0.15, 0.2) is 30.6 Å². The number of rotatable bonds is 4. The van der Waals surface area contributed by atoms with Crippen molar-refractivity contribution in [1.29, 1.82) is 5.26 Å². The van der Waals surface area contributed by atoms with E-state index in [2.05, 4.69) is 26.3 Å². The van der Waals surface area contributed by atoms with Gasteiger partial charge in [-0.15, -0.1) is 0 Å². The van der Waals surface area contributed by atoms with E-state index >= 15 is 0 Å². The van der Waals surface area contributed by atoms with Crippen molar-refractivity contribution < 1.29 is 5.11 Å². The van der Waals surface area contributed by atoms with Crippen LogP contribution in [0, 0.1) is 18.3 Å². The molecule has 24 heavy (non-hydrogen) atoms. The van der Waals surface area contributed by atoms with Crippen LogP contribution < -0.4 is 5.32 Å². The molecule has 1 saturated carbocycles. The van der Waals surface area contributed by atoms with Crippen LogP contribution in [0.1, 0.15) is 48.6 Å². The largest absolute Gasteiger partial charge is 0.391 e. The number of pyridine rings is 1. The third-order valence-electron chi connectivity index (χ3n) is 4.44. The van der Waals surface area contributed by atoms with Crippen LogP contribution in [0.25, 0.3) is 0 Å². The molecule has 0 aliphatic heterocycles. The molecule has 1 aliphatic carbocycles. The molecule has 1 unspecified atom stereocenters. The van der Waals surface area contributed by atoms with Crippen molar-refractivity contribution >= 4 is 5.95 Å². The first-order valence-corrected chi connectivity index (χ1v) is 8.27. The van der Waals surface area contributed by atoms with E-state index in [9.17, 15) is 10.4 Å². The van der Waals surface area contributed by atoms with Gasteiger partial charge in [0.05, 0.1) is 29.6 Å². The van der Waals surface area contributed by atoms with Crippen molar-refractivity contribution in [2.45, 2.75) is 50.7 Å². The molecule has 0 amide bonds. The first-order chi connectivity index (χ1) is 11.7. The van der Waals surface area contributed by atoms with E-state index in [0.717, 1.165) is 31.2 Å². The monoisotopic (exact) mass is 323 g/mol. The molecule has 0 saturated heterocycles. The highest BCUT2D eigenvalue weighted by Crippen LogP contribution is 2.25. The van der Waals surface area contributed by atoms with E-state index < -0.39 is 5.92 Å². The lowest BCUT2D eigenvalue weighted by Crippen LogP contribution is -2.37. The van der Waals surface area contributed by atoms with E-state index in [1.807, 2.05) is 25.1 Å². The van der Waals surface area contributed by atoms with Gasteiger partial charge in [-0.2, -0.15) is 5.26 Å². The Hall–Kier alpha value is -2.52. The first kappa shape index (κ1) is 16.3. The minimum atomic E-state index is -0.536. The smallest absolute Gasteiger partial charge is 0.223 e. The Morgan fingerprint density at radius 3 is 2.83 bits per heavy atom. The molecule has 2 N–H and O–H groups in total. The van der Waals surface area contributed by atoms with E-state index in [4.69, 9.17) is 0 Å². The average molecular weight is 323 g/mol. The fourth-order valence-electron chi connectivity index (χ4n) is 3.08. The highest BCUT2D eigenvalue weighted by molar-refractivity contribution is 5.38. The van der Waals surface area contributed by atoms with Gasteiger partial charge in [-0.1, -0.05) is 18.9 Å². The molecule has 124 valence electrons. The van der Waals surface area contributed by atoms with Gasteiger partial charge in [-0.05, 0) is 37.5 Å². The van der Waals surface area contributed by atoms with Gasteiger partial charge in [-0.3, -0.25) is 4.98 Å². The molecule has 0 radical (unpaired) electrons. The standard InChI is InChI=1S/C18H21N5O/c1-12-11-21-18(22-15-7-2-3-8-16(15)24)23-17(12)13(10-19)14-6-4-5-9-20-14/h4-6,9,11,13,15-16,24H,2-3,7-8H2,1H3,(H,21,22,23)/t13?,15-,16-/m0/s1. The van der Waals surface area contributed by atoms with Crippen LogP contribution in [-0.4, -0.2) is 32.2 Å². The highest BCUT2D eigenvalue weighted by atomic mass is 16.3. The summed E-state index contributed by atoms with van der Waals surface area (Å²) in [6.07, 6.45) is 6.84. The quantitative estimate of drug-likeness (QED) is 0.898. The van der Waals surface area contributed by atoms with Crippen molar-refractivity contribution in [3.63, 3.8) is 0 Å². The fourth-order valence-corrected chi connectivity index (χ4v) is 3.08. The minimum Gasteiger partial charge on any atom is -0.391 e. The number of anilines is 1. The highest BCUT2D eigenvalue weighted by Gasteiger charge is 2.25. The Morgan fingerprint density at radius 2 is 2.12 bits per heavy atom. The summed E-state index contributed by atoms with van der Waals surface area (Å²) in [5, 5.41) is 22.9. The van der Waals surface area contributed by atoms with Crippen LogP contribution in [0.5, 0.6) is 0 Å². The number of aliphatic hydroxyl groups is 1. The summed E-state index contributed by atoms with van der Waals surface area (Å²) in [7, 11) is 0. The molecule has 0 bridgehead atoms. The lowest BCUT2D eigenvalue weighted by Gasteiger charge is -2.28. The third-order valence-corrected chi connectivity index (χ3v) is 4.44. The summed E-state index contributed by atoms with van der Waals surface area (Å²) in [5.74, 6) is -0.0799. The van der Waals surface area contributed by atoms with Crippen LogP contribution in [0.4, 0.5) is 5.95 Å². The molecular weight excluding hydrogens is 302 g/mol. The Kier molecular flexibility index (Phi) is 5.02. The van der Waals surface area contributed by atoms with Crippen molar-refractivity contribution in [3.8, 4) is 6.07 Å². The molecule has 2 aromatic heterocycles. The number of aliphatic hydroxyl groups excluding tert-OH is 1. The molecule has 0 aromatic carbocycles. The number of nitriles is 1. The molecule has 3 atom stereocenters. The zero-order chi connectivity index (χ0) is 16.9. The number of aromatic nitrogens is 3.